The Hall–Kier alpha value is -1.95. The maximum absolute atomic E-state index is 5.46. The molecule has 6 heteroatoms. The molecule has 0 spiro atoms. The third-order valence-electron chi connectivity index (χ3n) is 2.63. The molecule has 3 heterocycles. The number of rotatable bonds is 3. The lowest BCUT2D eigenvalue weighted by Crippen LogP contribution is -2.06. The van der Waals surface area contributed by atoms with Gasteiger partial charge >= 0.3 is 0 Å². The average molecular weight is 260 g/mol. The minimum atomic E-state index is -0.0861. The Kier molecular flexibility index (Phi) is 2.93. The van der Waals surface area contributed by atoms with Gasteiger partial charge in [-0.3, -0.25) is 0 Å². The van der Waals surface area contributed by atoms with Crippen LogP contribution in [0.1, 0.15) is 18.3 Å². The smallest absolute Gasteiger partial charge is 0.172 e. The molecule has 0 saturated carbocycles. The molecule has 1 atom stereocenters. The van der Waals surface area contributed by atoms with Crippen LogP contribution < -0.4 is 5.32 Å². The van der Waals surface area contributed by atoms with Crippen molar-refractivity contribution in [1.82, 2.24) is 15.0 Å². The van der Waals surface area contributed by atoms with Crippen molar-refractivity contribution in [1.29, 1.82) is 0 Å². The van der Waals surface area contributed by atoms with Crippen LogP contribution in [-0.2, 0) is 4.74 Å². The van der Waals surface area contributed by atoms with E-state index < -0.39 is 0 Å². The highest BCUT2D eigenvalue weighted by atomic mass is 32.1. The molecule has 0 fully saturated rings. The predicted molar refractivity (Wildman–Crippen MR) is 70.3 cm³/mol. The van der Waals surface area contributed by atoms with Crippen LogP contribution in [-0.4, -0.2) is 22.0 Å². The van der Waals surface area contributed by atoms with Crippen molar-refractivity contribution in [3.8, 4) is 10.7 Å². The summed E-state index contributed by atoms with van der Waals surface area (Å²) in [6.45, 7) is 0. The van der Waals surface area contributed by atoms with E-state index in [1.165, 1.54) is 0 Å². The molecule has 2 aromatic rings. The fraction of sp³-hybridized carbons (Fsp3) is 0.250. The molecule has 1 unspecified atom stereocenters. The van der Waals surface area contributed by atoms with Crippen LogP contribution in [0.5, 0.6) is 0 Å². The van der Waals surface area contributed by atoms with E-state index in [1.54, 1.807) is 23.8 Å². The van der Waals surface area contributed by atoms with E-state index in [9.17, 15) is 0 Å². The normalized spacial score (nSPS) is 17.7. The van der Waals surface area contributed by atoms with Gasteiger partial charge in [0.15, 0.2) is 11.9 Å². The monoisotopic (exact) mass is 260 g/mol. The van der Waals surface area contributed by atoms with Crippen LogP contribution in [0.2, 0.25) is 0 Å². The summed E-state index contributed by atoms with van der Waals surface area (Å²) < 4.78 is 5.46. The third kappa shape index (κ3) is 2.06. The second-order valence-electron chi connectivity index (χ2n) is 3.82. The maximum atomic E-state index is 5.46. The van der Waals surface area contributed by atoms with Gasteiger partial charge in [-0.15, -0.1) is 11.3 Å². The summed E-state index contributed by atoms with van der Waals surface area (Å²) in [6, 6.07) is 1.89. The van der Waals surface area contributed by atoms with Gasteiger partial charge < -0.3 is 10.1 Å². The topological polar surface area (TPSA) is 59.9 Å². The summed E-state index contributed by atoms with van der Waals surface area (Å²) in [4.78, 5) is 13.2. The predicted octanol–water partition coefficient (Wildman–Crippen LogP) is 2.62. The van der Waals surface area contributed by atoms with E-state index >= 15 is 0 Å². The van der Waals surface area contributed by atoms with Gasteiger partial charge in [0.2, 0.25) is 0 Å². The van der Waals surface area contributed by atoms with E-state index in [2.05, 4.69) is 20.3 Å². The second-order valence-corrected chi connectivity index (χ2v) is 4.71. The van der Waals surface area contributed by atoms with Crippen molar-refractivity contribution in [2.75, 3.05) is 12.4 Å². The first-order chi connectivity index (χ1) is 8.86. The molecule has 2 aromatic heterocycles. The second kappa shape index (κ2) is 4.73. The van der Waals surface area contributed by atoms with Gasteiger partial charge in [0.05, 0.1) is 6.26 Å². The van der Waals surface area contributed by atoms with Gasteiger partial charge in [-0.05, 0) is 6.08 Å². The SMILES string of the molecule is CNc1cc(-c2nccs2)nc(C2CC=CO2)n1. The Balaban J connectivity index is 2.01. The van der Waals surface area contributed by atoms with Crippen LogP contribution in [0.4, 0.5) is 5.82 Å². The summed E-state index contributed by atoms with van der Waals surface area (Å²) in [5.41, 5.74) is 0.829. The molecule has 3 rings (SSSR count). The van der Waals surface area contributed by atoms with Crippen LogP contribution in [0.3, 0.4) is 0 Å². The fourth-order valence-electron chi connectivity index (χ4n) is 1.75. The number of nitrogens with zero attached hydrogens (tertiary/aromatic N) is 3. The van der Waals surface area contributed by atoms with E-state index in [-0.39, 0.29) is 6.10 Å². The first-order valence-corrected chi connectivity index (χ1v) is 6.52. The highest BCUT2D eigenvalue weighted by molar-refractivity contribution is 7.13. The molecule has 0 saturated heterocycles. The number of anilines is 1. The maximum Gasteiger partial charge on any atom is 0.172 e. The zero-order valence-electron chi connectivity index (χ0n) is 9.83. The standard InChI is InChI=1S/C12H12N4OS/c1-13-10-7-8(12-14-4-6-18-12)15-11(16-10)9-3-2-5-17-9/h2,4-7,9H,3H2,1H3,(H,13,15,16). The first-order valence-electron chi connectivity index (χ1n) is 5.64. The quantitative estimate of drug-likeness (QED) is 0.919. The molecule has 0 aliphatic carbocycles. The summed E-state index contributed by atoms with van der Waals surface area (Å²) in [5.74, 6) is 1.47. The molecule has 1 aliphatic heterocycles. The fourth-order valence-corrected chi connectivity index (χ4v) is 2.35. The van der Waals surface area contributed by atoms with Gasteiger partial charge in [0.1, 0.15) is 16.5 Å². The zero-order valence-corrected chi connectivity index (χ0v) is 10.6. The molecular weight excluding hydrogens is 248 g/mol. The number of ether oxygens (including phenoxy) is 1. The Morgan fingerprint density at radius 3 is 3.06 bits per heavy atom. The van der Waals surface area contributed by atoms with E-state index in [1.807, 2.05) is 24.6 Å². The molecule has 0 radical (unpaired) electrons. The molecular formula is C12H12N4OS. The Morgan fingerprint density at radius 1 is 1.44 bits per heavy atom. The largest absolute Gasteiger partial charge is 0.490 e. The van der Waals surface area contributed by atoms with Crippen LogP contribution in [0.15, 0.2) is 30.0 Å². The number of hydrogen-bond donors (Lipinski definition) is 1. The molecule has 5 nitrogen and oxygen atoms in total. The number of thiazole rings is 1. The molecule has 0 bridgehead atoms. The van der Waals surface area contributed by atoms with Crippen LogP contribution in [0.25, 0.3) is 10.7 Å². The minimum Gasteiger partial charge on any atom is -0.490 e. The Bertz CT molecular complexity index is 559. The highest BCUT2D eigenvalue weighted by Gasteiger charge is 2.19. The number of nitrogens with one attached hydrogen (secondary N) is 1. The van der Waals surface area contributed by atoms with Crippen molar-refractivity contribution >= 4 is 17.2 Å². The molecule has 92 valence electrons. The lowest BCUT2D eigenvalue weighted by atomic mass is 10.2. The molecule has 18 heavy (non-hydrogen) atoms. The lowest BCUT2D eigenvalue weighted by molar-refractivity contribution is 0.164. The van der Waals surface area contributed by atoms with Gasteiger partial charge in [0.25, 0.3) is 0 Å². The van der Waals surface area contributed by atoms with Gasteiger partial charge in [-0.2, -0.15) is 0 Å². The van der Waals surface area contributed by atoms with Gasteiger partial charge in [0, 0.05) is 31.1 Å². The molecule has 1 N–H and O–H groups in total. The van der Waals surface area contributed by atoms with Crippen molar-refractivity contribution < 1.29 is 4.74 Å². The summed E-state index contributed by atoms with van der Waals surface area (Å²) >= 11 is 1.56. The van der Waals surface area contributed by atoms with Crippen LogP contribution in [0, 0.1) is 0 Å². The Morgan fingerprint density at radius 2 is 2.39 bits per heavy atom. The summed E-state index contributed by atoms with van der Waals surface area (Å²) in [7, 11) is 1.84. The molecule has 1 aliphatic rings. The van der Waals surface area contributed by atoms with E-state index in [4.69, 9.17) is 4.74 Å². The summed E-state index contributed by atoms with van der Waals surface area (Å²) in [6.07, 6.45) is 6.17. The minimum absolute atomic E-state index is 0.0861. The van der Waals surface area contributed by atoms with Gasteiger partial charge in [-0.25, -0.2) is 15.0 Å². The Labute approximate surface area is 109 Å². The zero-order chi connectivity index (χ0) is 12.4. The van der Waals surface area contributed by atoms with Crippen LogP contribution >= 0.6 is 11.3 Å². The number of hydrogen-bond acceptors (Lipinski definition) is 6. The van der Waals surface area contributed by atoms with E-state index in [0.717, 1.165) is 22.9 Å². The molecule has 0 amide bonds. The lowest BCUT2D eigenvalue weighted by Gasteiger charge is -2.11. The third-order valence-corrected chi connectivity index (χ3v) is 3.42. The van der Waals surface area contributed by atoms with E-state index in [0.29, 0.717) is 5.82 Å². The highest BCUT2D eigenvalue weighted by Crippen LogP contribution is 2.28. The van der Waals surface area contributed by atoms with Crippen molar-refractivity contribution in [3.05, 3.63) is 35.8 Å². The number of aromatic nitrogens is 3. The average Bonchev–Trinajstić information content (AvgIpc) is 3.10. The van der Waals surface area contributed by atoms with Crippen molar-refractivity contribution in [2.45, 2.75) is 12.5 Å². The molecule has 0 aromatic carbocycles. The summed E-state index contributed by atoms with van der Waals surface area (Å²) in [5, 5.41) is 5.87. The van der Waals surface area contributed by atoms with Crippen molar-refractivity contribution in [2.24, 2.45) is 0 Å². The van der Waals surface area contributed by atoms with Crippen molar-refractivity contribution in [3.63, 3.8) is 0 Å². The first kappa shape index (κ1) is 11.2. The van der Waals surface area contributed by atoms with Gasteiger partial charge in [-0.1, -0.05) is 0 Å².